The van der Waals surface area contributed by atoms with Gasteiger partial charge in [0.05, 0.1) is 22.8 Å². The molecule has 0 bridgehead atoms. The zero-order valence-electron chi connectivity index (χ0n) is 19.2. The molecule has 1 aliphatic rings. The summed E-state index contributed by atoms with van der Waals surface area (Å²) in [5.41, 5.74) is 2.23. The van der Waals surface area contributed by atoms with E-state index in [1.54, 1.807) is 18.4 Å². The van der Waals surface area contributed by atoms with Crippen molar-refractivity contribution in [3.8, 4) is 5.75 Å². The summed E-state index contributed by atoms with van der Waals surface area (Å²) in [5, 5.41) is 13.1. The summed E-state index contributed by atoms with van der Waals surface area (Å²) in [4.78, 5) is 18.8. The number of carboxylic acid groups (broad SMARTS) is 1. The van der Waals surface area contributed by atoms with E-state index in [2.05, 4.69) is 33.5 Å². The number of fused-ring (bicyclic) bond motifs is 1. The van der Waals surface area contributed by atoms with Gasteiger partial charge in [0.25, 0.3) is 0 Å². The molecule has 186 valence electrons. The summed E-state index contributed by atoms with van der Waals surface area (Å²) in [7, 11) is 1.68. The number of methoxy groups -OCH3 is 1. The van der Waals surface area contributed by atoms with Crippen molar-refractivity contribution in [1.82, 2.24) is 9.88 Å². The van der Waals surface area contributed by atoms with Gasteiger partial charge in [-0.25, -0.2) is 0 Å². The van der Waals surface area contributed by atoms with Crippen LogP contribution >= 0.6 is 47.9 Å². The number of benzene rings is 1. The van der Waals surface area contributed by atoms with Crippen molar-refractivity contribution in [2.75, 3.05) is 32.5 Å². The number of piperidine rings is 1. The van der Waals surface area contributed by atoms with E-state index >= 15 is 0 Å². The maximum absolute atomic E-state index is 12.0. The molecule has 9 heteroatoms. The summed E-state index contributed by atoms with van der Waals surface area (Å²) >= 11 is 3.63. The van der Waals surface area contributed by atoms with E-state index in [1.807, 2.05) is 36.2 Å². The van der Waals surface area contributed by atoms with Gasteiger partial charge in [0.1, 0.15) is 5.75 Å². The summed E-state index contributed by atoms with van der Waals surface area (Å²) < 4.78 is 6.71. The first-order chi connectivity index (χ1) is 15.6. The van der Waals surface area contributed by atoms with E-state index in [0.717, 1.165) is 61.2 Å². The minimum Gasteiger partial charge on any atom is -0.497 e. The molecule has 1 aromatic carbocycles. The van der Waals surface area contributed by atoms with Gasteiger partial charge in [-0.1, -0.05) is 6.07 Å². The topological polar surface area (TPSA) is 62.7 Å². The summed E-state index contributed by atoms with van der Waals surface area (Å²) in [5.74, 6) is 1.17. The van der Waals surface area contributed by atoms with Gasteiger partial charge in [-0.15, -0.1) is 47.9 Å². The van der Waals surface area contributed by atoms with Crippen LogP contribution in [0, 0.1) is 11.8 Å². The van der Waals surface area contributed by atoms with Crippen molar-refractivity contribution >= 4 is 64.8 Å². The lowest BCUT2D eigenvalue weighted by Crippen LogP contribution is -2.44. The average molecular weight is 544 g/mol. The highest BCUT2D eigenvalue weighted by molar-refractivity contribution is 8.01. The quantitative estimate of drug-likeness (QED) is 0.304. The zero-order valence-corrected chi connectivity index (χ0v) is 22.5. The first-order valence-electron chi connectivity index (χ1n) is 11.2. The number of thioether (sulfide) groups is 1. The van der Waals surface area contributed by atoms with E-state index in [0.29, 0.717) is 6.54 Å². The van der Waals surface area contributed by atoms with E-state index < -0.39 is 5.97 Å². The molecule has 1 saturated heterocycles. The molecule has 2 atom stereocenters. The van der Waals surface area contributed by atoms with E-state index in [1.165, 1.54) is 9.77 Å². The molecule has 0 spiro atoms. The molecule has 0 amide bonds. The molecule has 34 heavy (non-hydrogen) atoms. The molecule has 2 aromatic heterocycles. The van der Waals surface area contributed by atoms with Gasteiger partial charge >= 0.3 is 5.97 Å². The smallest absolute Gasteiger partial charge is 0.308 e. The Hall–Kier alpha value is -1.51. The maximum atomic E-state index is 12.0. The predicted molar refractivity (Wildman–Crippen MR) is 146 cm³/mol. The lowest BCUT2D eigenvalue weighted by Gasteiger charge is -2.36. The second-order valence-electron chi connectivity index (χ2n) is 8.32. The van der Waals surface area contributed by atoms with Crippen LogP contribution in [0.3, 0.4) is 0 Å². The standard InChI is InChI=1S/C25H30N2O3S2.2ClH/c1-30-20-7-8-23-21(16-20)18(9-11-26-23)4-2-5-19-10-12-27(17-22(19)25(28)29)13-15-32-24-6-3-14-31-24;;/h3,6-9,11,14,16,19,22H,2,4-5,10,12-13,15,17H2,1H3,(H,28,29);2*1H/t19-,22+;;/m1../s1. The molecule has 1 fully saturated rings. The number of halogens is 2. The number of carboxylic acids is 1. The Morgan fingerprint density at radius 2 is 2.15 bits per heavy atom. The van der Waals surface area contributed by atoms with Crippen LogP contribution in [0.4, 0.5) is 0 Å². The second-order valence-corrected chi connectivity index (χ2v) is 10.7. The van der Waals surface area contributed by atoms with Crippen molar-refractivity contribution in [1.29, 1.82) is 0 Å². The molecular weight excluding hydrogens is 511 g/mol. The van der Waals surface area contributed by atoms with E-state index in [4.69, 9.17) is 4.74 Å². The van der Waals surface area contributed by atoms with Gasteiger partial charge in [0, 0.05) is 30.4 Å². The average Bonchev–Trinajstić information content (AvgIpc) is 3.33. The lowest BCUT2D eigenvalue weighted by molar-refractivity contribution is -0.146. The molecule has 4 rings (SSSR count). The fourth-order valence-corrected chi connectivity index (χ4v) is 6.46. The molecular formula is C25H32Cl2N2O3S2. The maximum Gasteiger partial charge on any atom is 0.308 e. The van der Waals surface area contributed by atoms with Gasteiger partial charge < -0.3 is 14.7 Å². The van der Waals surface area contributed by atoms with Crippen LogP contribution in [-0.4, -0.2) is 53.5 Å². The number of carbonyl (C=O) groups is 1. The largest absolute Gasteiger partial charge is 0.497 e. The van der Waals surface area contributed by atoms with Gasteiger partial charge in [-0.3, -0.25) is 9.78 Å². The second kappa shape index (κ2) is 14.1. The number of nitrogens with zero attached hydrogens (tertiary/aromatic N) is 2. The Balaban J connectivity index is 0.00000204. The van der Waals surface area contributed by atoms with Gasteiger partial charge in [-0.05, 0) is 79.4 Å². The monoisotopic (exact) mass is 542 g/mol. The van der Waals surface area contributed by atoms with Crippen molar-refractivity contribution in [3.63, 3.8) is 0 Å². The molecule has 3 heterocycles. The first-order valence-corrected chi connectivity index (χ1v) is 13.0. The Morgan fingerprint density at radius 1 is 1.29 bits per heavy atom. The summed E-state index contributed by atoms with van der Waals surface area (Å²) in [6, 6.07) is 12.3. The third kappa shape index (κ3) is 7.49. The third-order valence-electron chi connectivity index (χ3n) is 6.36. The summed E-state index contributed by atoms with van der Waals surface area (Å²) in [6.07, 6.45) is 5.68. The van der Waals surface area contributed by atoms with Crippen molar-refractivity contribution < 1.29 is 14.6 Å². The number of ether oxygens (including phenoxy) is 1. The Morgan fingerprint density at radius 3 is 2.88 bits per heavy atom. The van der Waals surface area contributed by atoms with Gasteiger partial charge in [-0.2, -0.15) is 0 Å². The number of hydrogen-bond donors (Lipinski definition) is 1. The predicted octanol–water partition coefficient (Wildman–Crippen LogP) is 6.29. The van der Waals surface area contributed by atoms with Crippen LogP contribution in [0.1, 0.15) is 24.8 Å². The number of hydrogen-bond acceptors (Lipinski definition) is 6. The highest BCUT2D eigenvalue weighted by Gasteiger charge is 2.33. The normalized spacial score (nSPS) is 18.1. The molecule has 1 aliphatic heterocycles. The fourth-order valence-electron chi connectivity index (χ4n) is 4.60. The Bertz CT molecular complexity index is 1040. The number of likely N-dealkylation sites (tertiary alicyclic amines) is 1. The molecule has 0 saturated carbocycles. The molecule has 0 aliphatic carbocycles. The first kappa shape index (κ1) is 28.7. The van der Waals surface area contributed by atoms with Crippen LogP contribution in [0.5, 0.6) is 5.75 Å². The van der Waals surface area contributed by atoms with Gasteiger partial charge in [0.15, 0.2) is 0 Å². The minimum absolute atomic E-state index is 0. The number of aliphatic carboxylic acids is 1. The zero-order chi connectivity index (χ0) is 22.3. The molecule has 3 aromatic rings. The Labute approximate surface area is 222 Å². The highest BCUT2D eigenvalue weighted by atomic mass is 35.5. The number of pyridine rings is 1. The van der Waals surface area contributed by atoms with Crippen molar-refractivity contribution in [3.05, 3.63) is 53.5 Å². The SMILES string of the molecule is COc1ccc2nccc(CCC[C@@H]3CCN(CCSc4cccs4)C[C@@H]3C(=O)O)c2c1.Cl.Cl. The van der Waals surface area contributed by atoms with Crippen LogP contribution in [0.2, 0.25) is 0 Å². The number of aryl methyl sites for hydroxylation is 1. The number of rotatable bonds is 10. The summed E-state index contributed by atoms with van der Waals surface area (Å²) in [6.45, 7) is 2.61. The Kier molecular flexibility index (Phi) is 12.0. The van der Waals surface area contributed by atoms with Crippen LogP contribution in [0.25, 0.3) is 10.9 Å². The van der Waals surface area contributed by atoms with Crippen LogP contribution < -0.4 is 4.74 Å². The van der Waals surface area contributed by atoms with Gasteiger partial charge in [0.2, 0.25) is 0 Å². The molecule has 1 N–H and O–H groups in total. The van der Waals surface area contributed by atoms with Crippen LogP contribution in [0.15, 0.2) is 52.2 Å². The molecule has 0 radical (unpaired) electrons. The van der Waals surface area contributed by atoms with Crippen molar-refractivity contribution in [2.24, 2.45) is 11.8 Å². The van der Waals surface area contributed by atoms with E-state index in [-0.39, 0.29) is 36.6 Å². The molecule has 5 nitrogen and oxygen atoms in total. The number of aromatic nitrogens is 1. The molecule has 0 unspecified atom stereocenters. The van der Waals surface area contributed by atoms with Crippen molar-refractivity contribution in [2.45, 2.75) is 29.9 Å². The lowest BCUT2D eigenvalue weighted by atomic mass is 9.81. The van der Waals surface area contributed by atoms with E-state index in [9.17, 15) is 9.90 Å². The highest BCUT2D eigenvalue weighted by Crippen LogP contribution is 2.31. The van der Waals surface area contributed by atoms with Crippen LogP contribution in [-0.2, 0) is 11.2 Å². The minimum atomic E-state index is -0.648. The number of thiophene rings is 1. The fraction of sp³-hybridized carbons (Fsp3) is 0.440. The third-order valence-corrected chi connectivity index (χ3v) is 8.48.